The van der Waals surface area contributed by atoms with Crippen molar-refractivity contribution in [2.24, 2.45) is 0 Å². The highest BCUT2D eigenvalue weighted by molar-refractivity contribution is 7.80. The summed E-state index contributed by atoms with van der Waals surface area (Å²) in [5.74, 6) is -0.488. The van der Waals surface area contributed by atoms with Crippen molar-refractivity contribution in [3.63, 3.8) is 0 Å². The fourth-order valence-electron chi connectivity index (χ4n) is 2.29. The Labute approximate surface area is 132 Å². The largest absolute Gasteiger partial charge is 0.755 e. The highest BCUT2D eigenvalue weighted by atomic mass is 32.2. The summed E-state index contributed by atoms with van der Waals surface area (Å²) in [6.07, 6.45) is 0. The van der Waals surface area contributed by atoms with Crippen LogP contribution in [0.1, 0.15) is 20.8 Å². The molecule has 0 saturated carbocycles. The molecular formula is C16H18FN2O2S-. The number of nitrogens with zero attached hydrogens (tertiary/aromatic N) is 1. The van der Waals surface area contributed by atoms with E-state index in [4.69, 9.17) is 5.73 Å². The number of para-hydroxylation sites is 1. The molecule has 0 aromatic heterocycles. The minimum absolute atomic E-state index is 0.310. The van der Waals surface area contributed by atoms with Crippen LogP contribution in [0.3, 0.4) is 0 Å². The van der Waals surface area contributed by atoms with Gasteiger partial charge < -0.3 is 10.3 Å². The number of nitrogens with two attached hydrogens (primary N) is 1. The van der Waals surface area contributed by atoms with Gasteiger partial charge in [-0.05, 0) is 45.0 Å². The maximum Gasteiger partial charge on any atom is 0.133 e. The van der Waals surface area contributed by atoms with Gasteiger partial charge in [0.15, 0.2) is 0 Å². The molecule has 0 fully saturated rings. The highest BCUT2D eigenvalue weighted by Gasteiger charge is 2.25. The van der Waals surface area contributed by atoms with Crippen LogP contribution in [0, 0.1) is 5.82 Å². The van der Waals surface area contributed by atoms with E-state index >= 15 is 0 Å². The molecule has 0 radical (unpaired) electrons. The summed E-state index contributed by atoms with van der Waals surface area (Å²) in [6.45, 7) is 5.33. The lowest BCUT2D eigenvalue weighted by atomic mass is 10.0. The minimum Gasteiger partial charge on any atom is -0.755 e. The van der Waals surface area contributed by atoms with Crippen LogP contribution in [-0.4, -0.2) is 14.3 Å². The van der Waals surface area contributed by atoms with Crippen molar-refractivity contribution in [2.45, 2.75) is 26.3 Å². The third kappa shape index (κ3) is 3.28. The van der Waals surface area contributed by atoms with Crippen molar-refractivity contribution in [2.75, 3.05) is 10.0 Å². The lowest BCUT2D eigenvalue weighted by molar-refractivity contribution is 0.498. The molecule has 1 atom stereocenters. The molecular weight excluding hydrogens is 303 g/mol. The fraction of sp³-hybridized carbons (Fsp3) is 0.250. The predicted octanol–water partition coefficient (Wildman–Crippen LogP) is 3.47. The van der Waals surface area contributed by atoms with E-state index < -0.39 is 22.6 Å². The van der Waals surface area contributed by atoms with Gasteiger partial charge in [0.2, 0.25) is 0 Å². The van der Waals surface area contributed by atoms with Crippen molar-refractivity contribution in [3.8, 4) is 11.1 Å². The topological polar surface area (TPSA) is 69.4 Å². The van der Waals surface area contributed by atoms with Crippen LogP contribution in [0.5, 0.6) is 0 Å². The molecule has 2 aromatic rings. The zero-order valence-corrected chi connectivity index (χ0v) is 13.5. The van der Waals surface area contributed by atoms with E-state index in [0.717, 1.165) is 0 Å². The lowest BCUT2D eigenvalue weighted by Gasteiger charge is -2.39. The number of anilines is 2. The second-order valence-electron chi connectivity index (χ2n) is 5.94. The highest BCUT2D eigenvalue weighted by Crippen LogP contribution is 2.36. The van der Waals surface area contributed by atoms with E-state index in [2.05, 4.69) is 0 Å². The Kier molecular flexibility index (Phi) is 4.53. The van der Waals surface area contributed by atoms with Crippen LogP contribution < -0.4 is 10.0 Å². The van der Waals surface area contributed by atoms with Gasteiger partial charge in [-0.15, -0.1) is 0 Å². The second-order valence-corrected chi connectivity index (χ2v) is 6.74. The first-order chi connectivity index (χ1) is 10.2. The third-order valence-electron chi connectivity index (χ3n) is 3.16. The number of rotatable bonds is 3. The molecule has 6 heteroatoms. The molecule has 118 valence electrons. The van der Waals surface area contributed by atoms with Crippen LogP contribution >= 0.6 is 0 Å². The number of hydrogen-bond donors (Lipinski definition) is 1. The molecule has 0 aliphatic carbocycles. The molecule has 0 saturated heterocycles. The second kappa shape index (κ2) is 6.06. The van der Waals surface area contributed by atoms with Crippen LogP contribution in [0.4, 0.5) is 15.8 Å². The maximum absolute atomic E-state index is 14.2. The van der Waals surface area contributed by atoms with Crippen LogP contribution in [-0.2, 0) is 11.3 Å². The van der Waals surface area contributed by atoms with Crippen molar-refractivity contribution in [1.29, 1.82) is 0 Å². The first-order valence-corrected chi connectivity index (χ1v) is 7.79. The Morgan fingerprint density at radius 3 is 2.32 bits per heavy atom. The van der Waals surface area contributed by atoms with Crippen LogP contribution in [0.15, 0.2) is 42.5 Å². The maximum atomic E-state index is 14.2. The zero-order valence-electron chi connectivity index (χ0n) is 12.7. The monoisotopic (exact) mass is 321 g/mol. The van der Waals surface area contributed by atoms with Gasteiger partial charge in [-0.3, -0.25) is 8.51 Å². The molecule has 2 aromatic carbocycles. The molecule has 1 unspecified atom stereocenters. The molecule has 2 N–H and O–H groups in total. The number of nitrogen functional groups attached to an aromatic ring is 1. The van der Waals surface area contributed by atoms with E-state index in [9.17, 15) is 13.2 Å². The standard InChI is InChI=1S/C16H19FN2O2S/c1-16(2,3)19(22(20)21)15-7-5-4-6-13(15)12-9-8-11(18)10-14(12)17/h4-10H,18H2,1-3H3,(H,20,21)/p-1. The summed E-state index contributed by atoms with van der Waals surface area (Å²) in [5.41, 5.74) is 6.45. The molecule has 0 bridgehead atoms. The summed E-state index contributed by atoms with van der Waals surface area (Å²) in [4.78, 5) is 0. The number of benzene rings is 2. The Morgan fingerprint density at radius 1 is 1.14 bits per heavy atom. The van der Waals surface area contributed by atoms with Gasteiger partial charge in [-0.2, -0.15) is 0 Å². The van der Waals surface area contributed by atoms with E-state index in [1.807, 2.05) is 0 Å². The lowest BCUT2D eigenvalue weighted by Crippen LogP contribution is -2.42. The van der Waals surface area contributed by atoms with E-state index in [1.165, 1.54) is 10.4 Å². The molecule has 0 spiro atoms. The zero-order chi connectivity index (χ0) is 16.5. The first-order valence-electron chi connectivity index (χ1n) is 6.76. The third-order valence-corrected chi connectivity index (χ3v) is 4.21. The normalized spacial score (nSPS) is 13.0. The molecule has 0 amide bonds. The summed E-state index contributed by atoms with van der Waals surface area (Å²) in [5, 5.41) is 0. The van der Waals surface area contributed by atoms with Crippen molar-refractivity contribution >= 4 is 22.6 Å². The summed E-state index contributed by atoms with van der Waals surface area (Å²) >= 11 is -2.48. The Balaban J connectivity index is 2.67. The summed E-state index contributed by atoms with van der Waals surface area (Å²) in [6, 6.07) is 11.2. The van der Waals surface area contributed by atoms with Crippen LogP contribution in [0.2, 0.25) is 0 Å². The van der Waals surface area contributed by atoms with Crippen molar-refractivity contribution in [3.05, 3.63) is 48.3 Å². The van der Waals surface area contributed by atoms with E-state index in [1.54, 1.807) is 57.2 Å². The first kappa shape index (κ1) is 16.5. The Bertz CT molecular complexity index is 714. The summed E-state index contributed by atoms with van der Waals surface area (Å²) < 4.78 is 38.8. The average Bonchev–Trinajstić information content (AvgIpc) is 2.38. The Morgan fingerprint density at radius 2 is 1.77 bits per heavy atom. The molecule has 0 heterocycles. The van der Waals surface area contributed by atoms with Crippen LogP contribution in [0.25, 0.3) is 11.1 Å². The predicted molar refractivity (Wildman–Crippen MR) is 87.4 cm³/mol. The molecule has 22 heavy (non-hydrogen) atoms. The van der Waals surface area contributed by atoms with Gasteiger partial charge in [-0.25, -0.2) is 4.39 Å². The van der Waals surface area contributed by atoms with E-state index in [0.29, 0.717) is 22.5 Å². The van der Waals surface area contributed by atoms with E-state index in [-0.39, 0.29) is 0 Å². The van der Waals surface area contributed by atoms with Gasteiger partial charge >= 0.3 is 0 Å². The molecule has 2 rings (SSSR count). The molecule has 0 aliphatic heterocycles. The van der Waals surface area contributed by atoms with Crippen molar-refractivity contribution in [1.82, 2.24) is 0 Å². The number of hydrogen-bond acceptors (Lipinski definition) is 3. The molecule has 0 aliphatic rings. The fourth-order valence-corrected chi connectivity index (χ4v) is 3.06. The summed E-state index contributed by atoms with van der Waals surface area (Å²) in [7, 11) is 0. The van der Waals surface area contributed by atoms with Gasteiger partial charge in [0.05, 0.1) is 5.69 Å². The Hall–Kier alpha value is -1.92. The SMILES string of the molecule is CC(C)(C)N(c1ccccc1-c1ccc(N)cc1F)S(=O)[O-]. The van der Waals surface area contributed by atoms with Gasteiger partial charge in [0.1, 0.15) is 5.82 Å². The number of halogens is 1. The van der Waals surface area contributed by atoms with Gasteiger partial charge in [-0.1, -0.05) is 18.2 Å². The van der Waals surface area contributed by atoms with Crippen molar-refractivity contribution < 1.29 is 13.2 Å². The smallest absolute Gasteiger partial charge is 0.133 e. The minimum atomic E-state index is -2.48. The van der Waals surface area contributed by atoms with Gasteiger partial charge in [0.25, 0.3) is 0 Å². The average molecular weight is 321 g/mol. The quantitative estimate of drug-likeness (QED) is 0.695. The molecule has 4 nitrogen and oxygen atoms in total. The van der Waals surface area contributed by atoms with Gasteiger partial charge in [0, 0.05) is 33.6 Å².